The van der Waals surface area contributed by atoms with Gasteiger partial charge in [-0.1, -0.05) is 49.4 Å². The van der Waals surface area contributed by atoms with E-state index in [0.29, 0.717) is 17.5 Å². The van der Waals surface area contributed by atoms with Crippen LogP contribution in [-0.2, 0) is 14.2 Å². The third kappa shape index (κ3) is 6.05. The summed E-state index contributed by atoms with van der Waals surface area (Å²) in [6.07, 6.45) is 1.23. The number of carbonyl (C=O) groups is 2. The molecule has 6 nitrogen and oxygen atoms in total. The van der Waals surface area contributed by atoms with E-state index in [-0.39, 0.29) is 25.0 Å². The summed E-state index contributed by atoms with van der Waals surface area (Å²) in [5, 5.41) is 10.8. The van der Waals surface area contributed by atoms with Crippen molar-refractivity contribution in [3.8, 4) is 0 Å². The molecule has 1 aliphatic rings. The molecule has 1 aliphatic heterocycles. The zero-order chi connectivity index (χ0) is 22.9. The molecule has 2 aromatic carbocycles. The topological polar surface area (TPSA) is 82.1 Å². The Hall–Kier alpha value is -2.96. The summed E-state index contributed by atoms with van der Waals surface area (Å²) in [4.78, 5) is 25.0. The maximum absolute atomic E-state index is 12.6. The Balaban J connectivity index is 1.70. The lowest BCUT2D eigenvalue weighted by Gasteiger charge is -2.23. The van der Waals surface area contributed by atoms with E-state index >= 15 is 0 Å². The van der Waals surface area contributed by atoms with Crippen molar-refractivity contribution in [3.63, 3.8) is 0 Å². The average Bonchev–Trinajstić information content (AvgIpc) is 3.12. The van der Waals surface area contributed by atoms with Crippen molar-refractivity contribution in [2.45, 2.75) is 50.6 Å². The minimum atomic E-state index is -0.769. The zero-order valence-corrected chi connectivity index (χ0v) is 18.3. The highest BCUT2D eigenvalue weighted by atomic mass is 16.6. The van der Waals surface area contributed by atoms with Gasteiger partial charge in [-0.05, 0) is 37.1 Å². The highest BCUT2D eigenvalue weighted by Gasteiger charge is 2.43. The van der Waals surface area contributed by atoms with Crippen LogP contribution in [-0.4, -0.2) is 48.1 Å². The number of hydrogen-bond donors (Lipinski definition) is 1. The number of esters is 2. The van der Waals surface area contributed by atoms with Crippen LogP contribution in [0.25, 0.3) is 0 Å². The molecule has 1 N–H and O–H groups in total. The molecule has 0 aromatic heterocycles. The lowest BCUT2D eigenvalue weighted by molar-refractivity contribution is -0.0449. The van der Waals surface area contributed by atoms with Crippen LogP contribution < -0.4 is 0 Å². The second-order valence-corrected chi connectivity index (χ2v) is 7.89. The monoisotopic (exact) mass is 438 g/mol. The van der Waals surface area contributed by atoms with Crippen molar-refractivity contribution in [1.29, 1.82) is 0 Å². The Kier molecular flexibility index (Phi) is 8.59. The Morgan fingerprint density at radius 3 is 2.19 bits per heavy atom. The van der Waals surface area contributed by atoms with Gasteiger partial charge in [-0.2, -0.15) is 0 Å². The first-order chi connectivity index (χ1) is 15.5. The lowest BCUT2D eigenvalue weighted by Crippen LogP contribution is -2.34. The minimum absolute atomic E-state index is 0.0321. The molecule has 0 bridgehead atoms. The van der Waals surface area contributed by atoms with Gasteiger partial charge in [-0.15, -0.1) is 6.58 Å². The van der Waals surface area contributed by atoms with Crippen molar-refractivity contribution >= 4 is 11.9 Å². The van der Waals surface area contributed by atoms with Crippen LogP contribution in [0.5, 0.6) is 0 Å². The summed E-state index contributed by atoms with van der Waals surface area (Å²) < 4.78 is 17.2. The third-order valence-electron chi connectivity index (χ3n) is 5.71. The molecule has 0 amide bonds. The van der Waals surface area contributed by atoms with Crippen molar-refractivity contribution in [2.24, 2.45) is 5.92 Å². The first-order valence-electron chi connectivity index (χ1n) is 11.0. The molecule has 2 aromatic rings. The highest BCUT2D eigenvalue weighted by molar-refractivity contribution is 5.90. The van der Waals surface area contributed by atoms with Gasteiger partial charge in [-0.3, -0.25) is 0 Å². The number of carbonyl (C=O) groups excluding carboxylic acids is 2. The molecule has 1 fully saturated rings. The molecule has 1 heterocycles. The Morgan fingerprint density at radius 1 is 1.03 bits per heavy atom. The molecule has 1 unspecified atom stereocenters. The zero-order valence-electron chi connectivity index (χ0n) is 18.3. The van der Waals surface area contributed by atoms with Crippen LogP contribution in [0.4, 0.5) is 0 Å². The molecule has 0 radical (unpaired) electrons. The fourth-order valence-electron chi connectivity index (χ4n) is 4.02. The molecular formula is C26H30O6. The molecule has 3 rings (SSSR count). The molecule has 0 saturated carbocycles. The van der Waals surface area contributed by atoms with E-state index in [9.17, 15) is 14.7 Å². The van der Waals surface area contributed by atoms with Gasteiger partial charge >= 0.3 is 11.9 Å². The van der Waals surface area contributed by atoms with E-state index in [2.05, 4.69) is 6.58 Å². The van der Waals surface area contributed by atoms with Gasteiger partial charge in [0.15, 0.2) is 0 Å². The summed E-state index contributed by atoms with van der Waals surface area (Å²) in [6, 6.07) is 17.2. The van der Waals surface area contributed by atoms with Gasteiger partial charge < -0.3 is 19.3 Å². The lowest BCUT2D eigenvalue weighted by atomic mass is 9.90. The van der Waals surface area contributed by atoms with Crippen molar-refractivity contribution in [3.05, 3.63) is 84.4 Å². The first-order valence-corrected chi connectivity index (χ1v) is 11.0. The Labute approximate surface area is 188 Å². The molecule has 32 heavy (non-hydrogen) atoms. The van der Waals surface area contributed by atoms with Gasteiger partial charge in [0.1, 0.15) is 12.7 Å². The van der Waals surface area contributed by atoms with Crippen molar-refractivity contribution in [1.82, 2.24) is 0 Å². The summed E-state index contributed by atoms with van der Waals surface area (Å²) in [7, 11) is 0. The second kappa shape index (κ2) is 11.6. The van der Waals surface area contributed by atoms with Crippen LogP contribution in [0.15, 0.2) is 73.3 Å². The number of aliphatic hydroxyl groups is 1. The fraction of sp³-hybridized carbons (Fsp3) is 0.385. The number of aliphatic hydroxyl groups excluding tert-OH is 1. The summed E-state index contributed by atoms with van der Waals surface area (Å²) >= 11 is 0. The normalized spacial score (nSPS) is 23.3. The molecule has 0 spiro atoms. The van der Waals surface area contributed by atoms with Crippen LogP contribution >= 0.6 is 0 Å². The standard InChI is InChI=1S/C26H30O6/c1-3-11-22-21(4-2)24(27)23(32-22)16-20(31-26(29)19-14-9-6-10-15-19)17-30-25(28)18-12-7-5-8-13-18/h3,5-10,12-15,20-24,27H,1,4,11,16-17H2,2H3/t20?,21-,22-,23+,24+/m0/s1. The van der Waals surface area contributed by atoms with Crippen molar-refractivity contribution < 1.29 is 28.9 Å². The predicted molar refractivity (Wildman–Crippen MR) is 120 cm³/mol. The van der Waals surface area contributed by atoms with Gasteiger partial charge in [0.05, 0.1) is 29.4 Å². The van der Waals surface area contributed by atoms with E-state index < -0.39 is 30.3 Å². The van der Waals surface area contributed by atoms with Crippen molar-refractivity contribution in [2.75, 3.05) is 6.61 Å². The minimum Gasteiger partial charge on any atom is -0.458 e. The Bertz CT molecular complexity index is 882. The number of ether oxygens (including phenoxy) is 3. The van der Waals surface area contributed by atoms with Gasteiger partial charge in [0.25, 0.3) is 0 Å². The van der Waals surface area contributed by atoms with Crippen LogP contribution in [0.3, 0.4) is 0 Å². The van der Waals surface area contributed by atoms with Gasteiger partial charge in [0, 0.05) is 12.3 Å². The summed E-state index contributed by atoms with van der Waals surface area (Å²) in [6.45, 7) is 5.63. The SMILES string of the molecule is C=CC[C@@H]1O[C@H](CC(COC(=O)c2ccccc2)OC(=O)c2ccccc2)[C@H](O)[C@H]1CC. The van der Waals surface area contributed by atoms with Crippen LogP contribution in [0, 0.1) is 5.92 Å². The van der Waals surface area contributed by atoms with E-state index in [0.717, 1.165) is 6.42 Å². The van der Waals surface area contributed by atoms with E-state index in [1.54, 1.807) is 54.6 Å². The molecule has 1 saturated heterocycles. The maximum atomic E-state index is 12.6. The van der Waals surface area contributed by atoms with Gasteiger partial charge in [0.2, 0.25) is 0 Å². The second-order valence-electron chi connectivity index (χ2n) is 7.89. The Morgan fingerprint density at radius 2 is 1.62 bits per heavy atom. The average molecular weight is 439 g/mol. The van der Waals surface area contributed by atoms with E-state index in [4.69, 9.17) is 14.2 Å². The number of hydrogen-bond acceptors (Lipinski definition) is 6. The summed E-state index contributed by atoms with van der Waals surface area (Å²) in [5.41, 5.74) is 0.811. The fourth-order valence-corrected chi connectivity index (χ4v) is 4.02. The van der Waals surface area contributed by atoms with Gasteiger partial charge in [-0.25, -0.2) is 9.59 Å². The molecular weight excluding hydrogens is 408 g/mol. The number of benzene rings is 2. The predicted octanol–water partition coefficient (Wildman–Crippen LogP) is 4.19. The highest BCUT2D eigenvalue weighted by Crippen LogP contribution is 2.34. The van der Waals surface area contributed by atoms with Crippen LogP contribution in [0.2, 0.25) is 0 Å². The third-order valence-corrected chi connectivity index (χ3v) is 5.71. The smallest absolute Gasteiger partial charge is 0.338 e. The van der Waals surface area contributed by atoms with Crippen LogP contribution in [0.1, 0.15) is 46.9 Å². The molecule has 0 aliphatic carbocycles. The number of rotatable bonds is 10. The van der Waals surface area contributed by atoms with E-state index in [1.165, 1.54) is 0 Å². The summed E-state index contributed by atoms with van der Waals surface area (Å²) in [5.74, 6) is -1.06. The molecule has 5 atom stereocenters. The first kappa shape index (κ1) is 23.7. The maximum Gasteiger partial charge on any atom is 0.338 e. The molecule has 6 heteroatoms. The van der Waals surface area contributed by atoms with E-state index in [1.807, 2.05) is 19.1 Å². The molecule has 170 valence electrons. The quantitative estimate of drug-likeness (QED) is 0.442. The largest absolute Gasteiger partial charge is 0.458 e.